The first kappa shape index (κ1) is 11.1. The zero-order valence-corrected chi connectivity index (χ0v) is 9.73. The van der Waals surface area contributed by atoms with Crippen LogP contribution in [0.15, 0.2) is 12.3 Å². The lowest BCUT2D eigenvalue weighted by Gasteiger charge is -2.29. The molecule has 5 heteroatoms. The highest BCUT2D eigenvalue weighted by atomic mass is 16.2. The molecule has 16 heavy (non-hydrogen) atoms. The van der Waals surface area contributed by atoms with Gasteiger partial charge in [-0.1, -0.05) is 0 Å². The lowest BCUT2D eigenvalue weighted by Crippen LogP contribution is -2.53. The standard InChI is InChI=1S/C11H18N4O/c1-11(7-12,8-3-4-8)13-10(16)9-5-6-15(2)14-9/h5-6,8H,3-4,7,12H2,1-2H3,(H,13,16). The number of nitrogens with one attached hydrogen (secondary N) is 1. The summed E-state index contributed by atoms with van der Waals surface area (Å²) >= 11 is 0. The monoisotopic (exact) mass is 222 g/mol. The van der Waals surface area contributed by atoms with E-state index >= 15 is 0 Å². The summed E-state index contributed by atoms with van der Waals surface area (Å²) in [6.07, 6.45) is 4.05. The van der Waals surface area contributed by atoms with Gasteiger partial charge in [0.2, 0.25) is 0 Å². The molecule has 1 unspecified atom stereocenters. The number of rotatable bonds is 4. The van der Waals surface area contributed by atoms with Crippen LogP contribution in [0.4, 0.5) is 0 Å². The highest BCUT2D eigenvalue weighted by Crippen LogP contribution is 2.39. The smallest absolute Gasteiger partial charge is 0.272 e. The number of nitrogens with two attached hydrogens (primary N) is 1. The second-order valence-corrected chi connectivity index (χ2v) is 4.72. The maximum atomic E-state index is 11.9. The van der Waals surface area contributed by atoms with Crippen LogP contribution < -0.4 is 11.1 Å². The quantitative estimate of drug-likeness (QED) is 0.768. The molecule has 1 aromatic heterocycles. The van der Waals surface area contributed by atoms with E-state index in [2.05, 4.69) is 10.4 Å². The van der Waals surface area contributed by atoms with Gasteiger partial charge in [-0.2, -0.15) is 5.10 Å². The maximum absolute atomic E-state index is 11.9. The van der Waals surface area contributed by atoms with Crippen LogP contribution in [0.2, 0.25) is 0 Å². The van der Waals surface area contributed by atoms with Crippen molar-refractivity contribution < 1.29 is 4.79 Å². The Morgan fingerprint density at radius 1 is 1.75 bits per heavy atom. The highest BCUT2D eigenvalue weighted by Gasteiger charge is 2.41. The minimum absolute atomic E-state index is 0.138. The van der Waals surface area contributed by atoms with Crippen LogP contribution in [0.5, 0.6) is 0 Å². The van der Waals surface area contributed by atoms with Crippen LogP contribution in [-0.2, 0) is 7.05 Å². The molecule has 0 radical (unpaired) electrons. The van der Waals surface area contributed by atoms with Gasteiger partial charge in [0.25, 0.3) is 5.91 Å². The van der Waals surface area contributed by atoms with E-state index in [4.69, 9.17) is 5.73 Å². The molecule has 0 spiro atoms. The Morgan fingerprint density at radius 3 is 2.88 bits per heavy atom. The minimum Gasteiger partial charge on any atom is -0.344 e. The van der Waals surface area contributed by atoms with Crippen molar-refractivity contribution in [2.24, 2.45) is 18.7 Å². The molecular weight excluding hydrogens is 204 g/mol. The van der Waals surface area contributed by atoms with Crippen molar-refractivity contribution in [3.63, 3.8) is 0 Å². The number of carbonyl (C=O) groups excluding carboxylic acids is 1. The summed E-state index contributed by atoms with van der Waals surface area (Å²) in [6, 6.07) is 1.71. The summed E-state index contributed by atoms with van der Waals surface area (Å²) in [5.74, 6) is 0.380. The molecule has 1 aromatic rings. The van der Waals surface area contributed by atoms with Crippen molar-refractivity contribution in [3.05, 3.63) is 18.0 Å². The Hall–Kier alpha value is -1.36. The summed E-state index contributed by atoms with van der Waals surface area (Å²) in [6.45, 7) is 2.47. The van der Waals surface area contributed by atoms with Gasteiger partial charge in [0.05, 0.1) is 5.54 Å². The Balaban J connectivity index is 2.06. The van der Waals surface area contributed by atoms with Gasteiger partial charge in [0, 0.05) is 19.8 Å². The first-order chi connectivity index (χ1) is 7.55. The van der Waals surface area contributed by atoms with Gasteiger partial charge < -0.3 is 11.1 Å². The average Bonchev–Trinajstić information content (AvgIpc) is 3.02. The van der Waals surface area contributed by atoms with Crippen molar-refractivity contribution in [3.8, 4) is 0 Å². The predicted octanol–water partition coefficient (Wildman–Crippen LogP) is 0.277. The van der Waals surface area contributed by atoms with Crippen LogP contribution in [0.3, 0.4) is 0 Å². The molecule has 1 heterocycles. The van der Waals surface area contributed by atoms with E-state index in [9.17, 15) is 4.79 Å². The number of amides is 1. The van der Waals surface area contributed by atoms with Crippen LogP contribution in [0.1, 0.15) is 30.3 Å². The summed E-state index contributed by atoms with van der Waals surface area (Å²) in [5.41, 5.74) is 5.90. The fraction of sp³-hybridized carbons (Fsp3) is 0.636. The molecule has 1 fully saturated rings. The number of hydrogen-bond acceptors (Lipinski definition) is 3. The maximum Gasteiger partial charge on any atom is 0.272 e. The normalized spacial score (nSPS) is 19.2. The number of carbonyl (C=O) groups is 1. The van der Waals surface area contributed by atoms with Gasteiger partial charge >= 0.3 is 0 Å². The molecule has 1 atom stereocenters. The molecule has 3 N–H and O–H groups in total. The molecular formula is C11H18N4O. The predicted molar refractivity (Wildman–Crippen MR) is 60.9 cm³/mol. The van der Waals surface area contributed by atoms with E-state index in [1.807, 2.05) is 6.92 Å². The Labute approximate surface area is 95.0 Å². The molecule has 1 saturated carbocycles. The third-order valence-electron chi connectivity index (χ3n) is 3.25. The fourth-order valence-corrected chi connectivity index (χ4v) is 1.90. The molecule has 0 aromatic carbocycles. The molecule has 0 bridgehead atoms. The molecule has 0 saturated heterocycles. The van der Waals surface area contributed by atoms with E-state index in [0.717, 1.165) is 12.8 Å². The van der Waals surface area contributed by atoms with Crippen molar-refractivity contribution in [1.29, 1.82) is 0 Å². The summed E-state index contributed by atoms with van der Waals surface area (Å²) < 4.78 is 1.62. The second kappa shape index (κ2) is 3.90. The van der Waals surface area contributed by atoms with Gasteiger partial charge in [0.1, 0.15) is 5.69 Å². The lowest BCUT2D eigenvalue weighted by molar-refractivity contribution is 0.0892. The van der Waals surface area contributed by atoms with Crippen LogP contribution in [0, 0.1) is 5.92 Å². The van der Waals surface area contributed by atoms with Crippen molar-refractivity contribution in [2.45, 2.75) is 25.3 Å². The Morgan fingerprint density at radius 2 is 2.44 bits per heavy atom. The molecule has 88 valence electrons. The van der Waals surface area contributed by atoms with Gasteiger partial charge in [-0.15, -0.1) is 0 Å². The average molecular weight is 222 g/mol. The number of aryl methyl sites for hydroxylation is 1. The van der Waals surface area contributed by atoms with Crippen molar-refractivity contribution in [2.75, 3.05) is 6.54 Å². The van der Waals surface area contributed by atoms with E-state index in [-0.39, 0.29) is 11.4 Å². The molecule has 2 rings (SSSR count). The zero-order chi connectivity index (χ0) is 11.8. The third-order valence-corrected chi connectivity index (χ3v) is 3.25. The van der Waals surface area contributed by atoms with Gasteiger partial charge in [-0.25, -0.2) is 0 Å². The largest absolute Gasteiger partial charge is 0.344 e. The van der Waals surface area contributed by atoms with E-state index < -0.39 is 0 Å². The highest BCUT2D eigenvalue weighted by molar-refractivity contribution is 5.92. The Bertz CT molecular complexity index is 396. The Kier molecular flexibility index (Phi) is 2.71. The summed E-state index contributed by atoms with van der Waals surface area (Å²) in [7, 11) is 1.79. The van der Waals surface area contributed by atoms with Gasteiger partial charge in [-0.05, 0) is 31.7 Å². The zero-order valence-electron chi connectivity index (χ0n) is 9.73. The number of hydrogen-bond donors (Lipinski definition) is 2. The summed E-state index contributed by atoms with van der Waals surface area (Å²) in [4.78, 5) is 11.9. The molecule has 1 aliphatic carbocycles. The number of nitrogens with zero attached hydrogens (tertiary/aromatic N) is 2. The fourth-order valence-electron chi connectivity index (χ4n) is 1.90. The molecule has 0 aliphatic heterocycles. The van der Waals surface area contributed by atoms with Crippen LogP contribution in [0.25, 0.3) is 0 Å². The third kappa shape index (κ3) is 2.09. The lowest BCUT2D eigenvalue weighted by atomic mass is 9.96. The van der Waals surface area contributed by atoms with Gasteiger partial charge in [-0.3, -0.25) is 9.48 Å². The minimum atomic E-state index is -0.283. The molecule has 5 nitrogen and oxygen atoms in total. The topological polar surface area (TPSA) is 72.9 Å². The SMILES string of the molecule is Cn1ccc(C(=O)NC(C)(CN)C2CC2)n1. The van der Waals surface area contributed by atoms with E-state index in [1.54, 1.807) is 24.0 Å². The first-order valence-electron chi connectivity index (χ1n) is 5.57. The van der Waals surface area contributed by atoms with Crippen molar-refractivity contribution >= 4 is 5.91 Å². The van der Waals surface area contributed by atoms with Crippen LogP contribution in [-0.4, -0.2) is 27.8 Å². The number of aromatic nitrogens is 2. The van der Waals surface area contributed by atoms with E-state index in [0.29, 0.717) is 18.2 Å². The molecule has 1 amide bonds. The summed E-state index contributed by atoms with van der Waals surface area (Å²) in [5, 5.41) is 7.07. The van der Waals surface area contributed by atoms with Crippen molar-refractivity contribution in [1.82, 2.24) is 15.1 Å². The first-order valence-corrected chi connectivity index (χ1v) is 5.57. The second-order valence-electron chi connectivity index (χ2n) is 4.72. The van der Waals surface area contributed by atoms with Crippen LogP contribution >= 0.6 is 0 Å². The van der Waals surface area contributed by atoms with E-state index in [1.165, 1.54) is 0 Å². The molecule has 1 aliphatic rings. The van der Waals surface area contributed by atoms with Gasteiger partial charge in [0.15, 0.2) is 0 Å².